The minimum absolute atomic E-state index is 0.0999. The van der Waals surface area contributed by atoms with Crippen molar-refractivity contribution < 1.29 is 14.5 Å². The van der Waals surface area contributed by atoms with E-state index in [0.717, 1.165) is 0 Å². The number of carbonyl (C=O) groups is 1. The lowest BCUT2D eigenvalue weighted by Crippen LogP contribution is -2.29. The molecule has 0 radical (unpaired) electrons. The first kappa shape index (κ1) is 18.2. The van der Waals surface area contributed by atoms with Crippen LogP contribution in [0.2, 0.25) is 10.0 Å². The number of carbonyl (C=O) groups excluding carboxylic acids is 1. The van der Waals surface area contributed by atoms with Crippen LogP contribution in [-0.4, -0.2) is 24.5 Å². The standard InChI is InChI=1S/C16H14Cl2N2O4/c1-24-15(11-4-2-3-5-13(11)18)9-19-16(21)12-8-10(17)6-7-14(12)20(22)23/h2-8,15H,9H2,1H3,(H,19,21). The third-order valence-corrected chi connectivity index (χ3v) is 3.96. The summed E-state index contributed by atoms with van der Waals surface area (Å²) in [7, 11) is 1.49. The summed E-state index contributed by atoms with van der Waals surface area (Å²) in [6, 6.07) is 10.9. The fraction of sp³-hybridized carbons (Fsp3) is 0.188. The molecule has 0 saturated heterocycles. The Morgan fingerprint density at radius 2 is 2.00 bits per heavy atom. The van der Waals surface area contributed by atoms with E-state index in [9.17, 15) is 14.9 Å². The van der Waals surface area contributed by atoms with Gasteiger partial charge in [-0.05, 0) is 18.2 Å². The van der Waals surface area contributed by atoms with Crippen LogP contribution in [0.5, 0.6) is 0 Å². The number of hydrogen-bond donors (Lipinski definition) is 1. The van der Waals surface area contributed by atoms with Gasteiger partial charge < -0.3 is 10.1 Å². The van der Waals surface area contributed by atoms with E-state index in [0.29, 0.717) is 10.6 Å². The van der Waals surface area contributed by atoms with E-state index in [1.54, 1.807) is 24.3 Å². The maximum Gasteiger partial charge on any atom is 0.282 e. The van der Waals surface area contributed by atoms with Crippen molar-refractivity contribution in [2.24, 2.45) is 0 Å². The van der Waals surface area contributed by atoms with E-state index in [1.165, 1.54) is 25.3 Å². The van der Waals surface area contributed by atoms with Crippen molar-refractivity contribution in [3.05, 3.63) is 73.8 Å². The predicted molar refractivity (Wildman–Crippen MR) is 91.6 cm³/mol. The van der Waals surface area contributed by atoms with Gasteiger partial charge in [0.25, 0.3) is 11.6 Å². The Morgan fingerprint density at radius 3 is 2.62 bits per heavy atom. The van der Waals surface area contributed by atoms with Gasteiger partial charge >= 0.3 is 0 Å². The van der Waals surface area contributed by atoms with Crippen molar-refractivity contribution in [1.82, 2.24) is 5.32 Å². The molecule has 126 valence electrons. The van der Waals surface area contributed by atoms with Gasteiger partial charge in [0.1, 0.15) is 11.7 Å². The molecule has 0 aliphatic carbocycles. The van der Waals surface area contributed by atoms with E-state index in [-0.39, 0.29) is 22.8 Å². The van der Waals surface area contributed by atoms with Crippen molar-refractivity contribution in [2.45, 2.75) is 6.10 Å². The monoisotopic (exact) mass is 368 g/mol. The summed E-state index contributed by atoms with van der Waals surface area (Å²) in [5.41, 5.74) is 0.285. The highest BCUT2D eigenvalue weighted by Gasteiger charge is 2.22. The normalized spacial score (nSPS) is 11.8. The van der Waals surface area contributed by atoms with Crippen LogP contribution in [0.25, 0.3) is 0 Å². The molecule has 2 rings (SSSR count). The number of ether oxygens (including phenoxy) is 1. The molecule has 0 heterocycles. The first-order valence-electron chi connectivity index (χ1n) is 6.93. The van der Waals surface area contributed by atoms with Gasteiger partial charge in [-0.25, -0.2) is 0 Å². The Morgan fingerprint density at radius 1 is 1.29 bits per heavy atom. The minimum atomic E-state index is -0.632. The minimum Gasteiger partial charge on any atom is -0.375 e. The topological polar surface area (TPSA) is 81.5 Å². The number of benzene rings is 2. The summed E-state index contributed by atoms with van der Waals surface area (Å²) < 4.78 is 5.35. The summed E-state index contributed by atoms with van der Waals surface area (Å²) in [6.07, 6.45) is -0.485. The van der Waals surface area contributed by atoms with Gasteiger partial charge in [0.2, 0.25) is 0 Å². The third kappa shape index (κ3) is 4.23. The molecule has 2 aromatic carbocycles. The smallest absolute Gasteiger partial charge is 0.282 e. The lowest BCUT2D eigenvalue weighted by molar-refractivity contribution is -0.385. The number of amides is 1. The lowest BCUT2D eigenvalue weighted by atomic mass is 10.1. The van der Waals surface area contributed by atoms with Gasteiger partial charge in [0.15, 0.2) is 0 Å². The summed E-state index contributed by atoms with van der Waals surface area (Å²) in [6.45, 7) is 0.0999. The van der Waals surface area contributed by atoms with E-state index < -0.39 is 16.9 Å². The molecule has 6 nitrogen and oxygen atoms in total. The van der Waals surface area contributed by atoms with Crippen molar-refractivity contribution >= 4 is 34.8 Å². The second-order valence-electron chi connectivity index (χ2n) is 4.87. The van der Waals surface area contributed by atoms with Gasteiger partial charge in [0, 0.05) is 35.3 Å². The second-order valence-corrected chi connectivity index (χ2v) is 5.72. The number of nitro groups is 1. The molecule has 1 unspecified atom stereocenters. The van der Waals surface area contributed by atoms with Crippen LogP contribution in [0.3, 0.4) is 0 Å². The highest BCUT2D eigenvalue weighted by molar-refractivity contribution is 6.31. The molecule has 0 saturated carbocycles. The van der Waals surface area contributed by atoms with Crippen molar-refractivity contribution in [2.75, 3.05) is 13.7 Å². The van der Waals surface area contributed by atoms with E-state index in [2.05, 4.69) is 5.32 Å². The van der Waals surface area contributed by atoms with Crippen LogP contribution in [0.1, 0.15) is 22.0 Å². The first-order valence-corrected chi connectivity index (χ1v) is 7.69. The molecule has 24 heavy (non-hydrogen) atoms. The number of halogens is 2. The van der Waals surface area contributed by atoms with E-state index in [4.69, 9.17) is 27.9 Å². The van der Waals surface area contributed by atoms with Crippen LogP contribution in [-0.2, 0) is 4.74 Å². The van der Waals surface area contributed by atoms with Gasteiger partial charge in [0.05, 0.1) is 4.92 Å². The van der Waals surface area contributed by atoms with Crippen molar-refractivity contribution in [3.63, 3.8) is 0 Å². The number of rotatable bonds is 6. The van der Waals surface area contributed by atoms with Crippen LogP contribution >= 0.6 is 23.2 Å². The number of nitrogens with one attached hydrogen (secondary N) is 1. The van der Waals surface area contributed by atoms with Crippen LogP contribution in [0.15, 0.2) is 42.5 Å². The SMILES string of the molecule is COC(CNC(=O)c1cc(Cl)ccc1[N+](=O)[O-])c1ccccc1Cl. The number of nitrogens with zero attached hydrogens (tertiary/aromatic N) is 1. The highest BCUT2D eigenvalue weighted by atomic mass is 35.5. The molecule has 0 aromatic heterocycles. The molecule has 0 bridgehead atoms. The summed E-state index contributed by atoms with van der Waals surface area (Å²) in [5, 5.41) is 14.4. The van der Waals surface area contributed by atoms with Crippen LogP contribution < -0.4 is 5.32 Å². The first-order chi connectivity index (χ1) is 11.4. The molecule has 0 spiro atoms. The molecule has 0 fully saturated rings. The zero-order chi connectivity index (χ0) is 17.7. The van der Waals surface area contributed by atoms with Crippen LogP contribution in [0.4, 0.5) is 5.69 Å². The van der Waals surface area contributed by atoms with Crippen LogP contribution in [0, 0.1) is 10.1 Å². The summed E-state index contributed by atoms with van der Waals surface area (Å²) in [5.74, 6) is -0.613. The average molecular weight is 369 g/mol. The number of hydrogen-bond acceptors (Lipinski definition) is 4. The zero-order valence-corrected chi connectivity index (χ0v) is 14.2. The lowest BCUT2D eigenvalue weighted by Gasteiger charge is -2.17. The quantitative estimate of drug-likeness (QED) is 0.616. The Hall–Kier alpha value is -2.15. The van der Waals surface area contributed by atoms with Gasteiger partial charge in [-0.2, -0.15) is 0 Å². The maximum absolute atomic E-state index is 12.3. The molecule has 1 amide bonds. The molecule has 0 aliphatic rings. The molecule has 8 heteroatoms. The maximum atomic E-state index is 12.3. The predicted octanol–water partition coefficient (Wildman–Crippen LogP) is 4.02. The average Bonchev–Trinajstić information content (AvgIpc) is 2.56. The molecule has 1 N–H and O–H groups in total. The van der Waals surface area contributed by atoms with Crippen molar-refractivity contribution in [1.29, 1.82) is 0 Å². The molecular weight excluding hydrogens is 355 g/mol. The fourth-order valence-electron chi connectivity index (χ4n) is 2.19. The van der Waals surface area contributed by atoms with E-state index in [1.807, 2.05) is 0 Å². The molecule has 2 aromatic rings. The molecular formula is C16H14Cl2N2O4. The zero-order valence-electron chi connectivity index (χ0n) is 12.7. The van der Waals surface area contributed by atoms with Gasteiger partial charge in [-0.15, -0.1) is 0 Å². The van der Waals surface area contributed by atoms with E-state index >= 15 is 0 Å². The van der Waals surface area contributed by atoms with Crippen molar-refractivity contribution in [3.8, 4) is 0 Å². The Balaban J connectivity index is 2.17. The third-order valence-electron chi connectivity index (χ3n) is 3.38. The molecule has 0 aliphatic heterocycles. The summed E-state index contributed by atoms with van der Waals surface area (Å²) >= 11 is 11.9. The Bertz CT molecular complexity index is 767. The Kier molecular flexibility index (Phi) is 6.14. The number of nitro benzene ring substituents is 1. The second kappa shape index (κ2) is 8.10. The van der Waals surface area contributed by atoms with Gasteiger partial charge in [-0.1, -0.05) is 41.4 Å². The fourth-order valence-corrected chi connectivity index (χ4v) is 2.62. The Labute approximate surface area is 148 Å². The highest BCUT2D eigenvalue weighted by Crippen LogP contribution is 2.25. The molecule has 1 atom stereocenters. The van der Waals surface area contributed by atoms with Gasteiger partial charge in [-0.3, -0.25) is 14.9 Å². The summed E-state index contributed by atoms with van der Waals surface area (Å²) in [4.78, 5) is 22.7. The number of methoxy groups -OCH3 is 1. The largest absolute Gasteiger partial charge is 0.375 e.